The summed E-state index contributed by atoms with van der Waals surface area (Å²) in [4.78, 5) is 42.6. The van der Waals surface area contributed by atoms with E-state index in [9.17, 15) is 14.7 Å². The van der Waals surface area contributed by atoms with Crippen LogP contribution in [0.3, 0.4) is 0 Å². The zero-order valence-electron chi connectivity index (χ0n) is 22.9. The van der Waals surface area contributed by atoms with Gasteiger partial charge in [-0.15, -0.1) is 0 Å². The van der Waals surface area contributed by atoms with Gasteiger partial charge in [-0.05, 0) is 54.0 Å². The number of ether oxygens (including phenoxy) is 1. The van der Waals surface area contributed by atoms with Crippen molar-refractivity contribution < 1.29 is 19.4 Å². The van der Waals surface area contributed by atoms with E-state index < -0.39 is 23.5 Å². The highest BCUT2D eigenvalue weighted by Crippen LogP contribution is 2.53. The molecule has 1 N–H and O–H groups in total. The number of carboxylic acids is 1. The van der Waals surface area contributed by atoms with E-state index in [0.717, 1.165) is 5.56 Å². The second-order valence-corrected chi connectivity index (χ2v) is 11.4. The Bertz CT molecular complexity index is 1290. The van der Waals surface area contributed by atoms with Gasteiger partial charge in [0.25, 0.3) is 5.91 Å². The molecule has 1 amide bonds. The maximum Gasteiger partial charge on any atom is 0.329 e. The molecule has 38 heavy (non-hydrogen) atoms. The quantitative estimate of drug-likeness (QED) is 0.447. The van der Waals surface area contributed by atoms with Crippen LogP contribution in [0, 0.1) is 5.92 Å². The molecule has 8 nitrogen and oxygen atoms in total. The predicted molar refractivity (Wildman–Crippen MR) is 144 cm³/mol. The van der Waals surface area contributed by atoms with E-state index in [4.69, 9.17) is 4.74 Å². The molecule has 3 aromatic rings. The van der Waals surface area contributed by atoms with Gasteiger partial charge in [0.05, 0.1) is 24.5 Å². The molecule has 1 saturated heterocycles. The van der Waals surface area contributed by atoms with Gasteiger partial charge in [0.15, 0.2) is 0 Å². The summed E-state index contributed by atoms with van der Waals surface area (Å²) in [6.45, 7) is 10.2. The van der Waals surface area contributed by atoms with Crippen LogP contribution in [0.15, 0.2) is 61.2 Å². The van der Waals surface area contributed by atoms with Crippen LogP contribution in [0.5, 0.6) is 5.75 Å². The number of carbonyl (C=O) groups excluding carboxylic acids is 1. The van der Waals surface area contributed by atoms with Gasteiger partial charge < -0.3 is 14.7 Å². The first-order valence-corrected chi connectivity index (χ1v) is 12.9. The van der Waals surface area contributed by atoms with E-state index >= 15 is 0 Å². The van der Waals surface area contributed by atoms with Gasteiger partial charge in [-0.25, -0.2) is 4.79 Å². The Kier molecular flexibility index (Phi) is 7.54. The Hall–Kier alpha value is -3.81. The molecule has 0 spiro atoms. The largest absolute Gasteiger partial charge is 0.496 e. The fourth-order valence-corrected chi connectivity index (χ4v) is 5.72. The SMILES string of the molecule is COc1cc(C(=O)N2[C@@H](c3ccccn3)[C@H](c3cnccn3)C[C@@]2(CC(C)C)C(=O)O)ccc1C(C)(C)C. The molecule has 0 unspecified atom stereocenters. The van der Waals surface area contributed by atoms with Crippen molar-refractivity contribution >= 4 is 11.9 Å². The van der Waals surface area contributed by atoms with Crippen LogP contribution in [0.1, 0.15) is 86.7 Å². The summed E-state index contributed by atoms with van der Waals surface area (Å²) < 4.78 is 5.67. The number of amides is 1. The van der Waals surface area contributed by atoms with Gasteiger partial charge in [-0.2, -0.15) is 0 Å². The standard InChI is InChI=1S/C30H36N4O4/c1-19(2)16-30(28(36)37)17-21(24-18-31-13-14-33-24)26(23-9-7-8-12-32-23)34(30)27(35)20-10-11-22(29(3,4)5)25(15-20)38-6/h7-15,18-19,21,26H,16-17H2,1-6H3,(H,36,37)/t21-,26+,30-/m0/s1. The van der Waals surface area contributed by atoms with Gasteiger partial charge in [0.1, 0.15) is 11.3 Å². The average molecular weight is 517 g/mol. The van der Waals surface area contributed by atoms with E-state index in [1.54, 1.807) is 55.0 Å². The zero-order chi connectivity index (χ0) is 27.7. The lowest BCUT2D eigenvalue weighted by Crippen LogP contribution is -2.54. The van der Waals surface area contributed by atoms with Crippen molar-refractivity contribution in [1.82, 2.24) is 19.9 Å². The first-order chi connectivity index (χ1) is 18.0. The van der Waals surface area contributed by atoms with E-state index in [1.165, 1.54) is 0 Å². The maximum atomic E-state index is 14.5. The highest BCUT2D eigenvalue weighted by molar-refractivity contribution is 5.99. The highest BCUT2D eigenvalue weighted by Gasteiger charge is 2.60. The number of hydrogen-bond donors (Lipinski definition) is 1. The monoisotopic (exact) mass is 516 g/mol. The summed E-state index contributed by atoms with van der Waals surface area (Å²) in [7, 11) is 1.58. The molecule has 1 fully saturated rings. The van der Waals surface area contributed by atoms with Crippen molar-refractivity contribution in [3.63, 3.8) is 0 Å². The summed E-state index contributed by atoms with van der Waals surface area (Å²) in [5.74, 6) is -1.22. The molecular weight excluding hydrogens is 480 g/mol. The first kappa shape index (κ1) is 27.2. The van der Waals surface area contributed by atoms with Gasteiger partial charge in [-0.3, -0.25) is 19.7 Å². The molecule has 8 heteroatoms. The summed E-state index contributed by atoms with van der Waals surface area (Å²) >= 11 is 0. The Morgan fingerprint density at radius 2 is 1.84 bits per heavy atom. The molecule has 0 saturated carbocycles. The van der Waals surface area contributed by atoms with E-state index in [0.29, 0.717) is 22.7 Å². The molecule has 0 radical (unpaired) electrons. The minimum Gasteiger partial charge on any atom is -0.496 e. The number of benzene rings is 1. The van der Waals surface area contributed by atoms with Gasteiger partial charge >= 0.3 is 5.97 Å². The Morgan fingerprint density at radius 1 is 1.11 bits per heavy atom. The smallest absolute Gasteiger partial charge is 0.329 e. The number of carbonyl (C=O) groups is 2. The van der Waals surface area contributed by atoms with Crippen molar-refractivity contribution in [3.8, 4) is 5.75 Å². The Balaban J connectivity index is 1.95. The first-order valence-electron chi connectivity index (χ1n) is 12.9. The number of hydrogen-bond acceptors (Lipinski definition) is 6. The zero-order valence-corrected chi connectivity index (χ0v) is 22.9. The average Bonchev–Trinajstić information content (AvgIpc) is 3.24. The van der Waals surface area contributed by atoms with Gasteiger partial charge in [0.2, 0.25) is 0 Å². The molecule has 0 bridgehead atoms. The molecule has 0 aliphatic carbocycles. The lowest BCUT2D eigenvalue weighted by Gasteiger charge is -2.39. The number of methoxy groups -OCH3 is 1. The lowest BCUT2D eigenvalue weighted by atomic mass is 9.82. The van der Waals surface area contributed by atoms with Gasteiger partial charge in [-0.1, -0.05) is 46.8 Å². The molecule has 2 aromatic heterocycles. The molecule has 3 atom stereocenters. The number of pyridine rings is 1. The molecule has 3 heterocycles. The van der Waals surface area contributed by atoms with Crippen LogP contribution in [0.25, 0.3) is 0 Å². The van der Waals surface area contributed by atoms with E-state index in [2.05, 4.69) is 35.7 Å². The third-order valence-corrected chi connectivity index (χ3v) is 7.25. The third kappa shape index (κ3) is 4.99. The normalized spacial score (nSPS) is 21.5. The van der Waals surface area contributed by atoms with Crippen LogP contribution < -0.4 is 4.74 Å². The molecular formula is C30H36N4O4. The van der Waals surface area contributed by atoms with Crippen molar-refractivity contribution in [2.45, 2.75) is 70.4 Å². The van der Waals surface area contributed by atoms with Crippen molar-refractivity contribution in [3.05, 3.63) is 83.7 Å². The van der Waals surface area contributed by atoms with Crippen LogP contribution in [-0.4, -0.2) is 49.5 Å². The number of nitrogens with zero attached hydrogens (tertiary/aromatic N) is 4. The van der Waals surface area contributed by atoms with E-state index in [-0.39, 0.29) is 30.1 Å². The highest BCUT2D eigenvalue weighted by atomic mass is 16.5. The van der Waals surface area contributed by atoms with Crippen molar-refractivity contribution in [1.29, 1.82) is 0 Å². The second kappa shape index (κ2) is 10.5. The fraction of sp³-hybridized carbons (Fsp3) is 0.433. The van der Waals surface area contributed by atoms with Crippen LogP contribution >= 0.6 is 0 Å². The number of aromatic nitrogens is 3. The summed E-state index contributed by atoms with van der Waals surface area (Å²) in [6.07, 6.45) is 6.97. The number of aliphatic carboxylic acids is 1. The van der Waals surface area contributed by atoms with Crippen LogP contribution in [0.2, 0.25) is 0 Å². The minimum atomic E-state index is -1.47. The number of carboxylic acid groups (broad SMARTS) is 1. The Morgan fingerprint density at radius 3 is 2.39 bits per heavy atom. The second-order valence-electron chi connectivity index (χ2n) is 11.4. The predicted octanol–water partition coefficient (Wildman–Crippen LogP) is 5.42. The van der Waals surface area contributed by atoms with Crippen LogP contribution in [-0.2, 0) is 10.2 Å². The minimum absolute atomic E-state index is 0.0178. The lowest BCUT2D eigenvalue weighted by molar-refractivity contribution is -0.150. The summed E-state index contributed by atoms with van der Waals surface area (Å²) in [5, 5.41) is 10.8. The molecule has 4 rings (SSSR count). The molecule has 1 aliphatic rings. The van der Waals surface area contributed by atoms with E-state index in [1.807, 2.05) is 32.0 Å². The number of rotatable bonds is 7. The van der Waals surface area contributed by atoms with Crippen molar-refractivity contribution in [2.75, 3.05) is 7.11 Å². The summed E-state index contributed by atoms with van der Waals surface area (Å²) in [5.41, 5.74) is 0.908. The molecule has 1 aliphatic heterocycles. The van der Waals surface area contributed by atoms with Gasteiger partial charge in [0, 0.05) is 36.3 Å². The van der Waals surface area contributed by atoms with Crippen LogP contribution in [0.4, 0.5) is 0 Å². The Labute approximate surface area is 224 Å². The third-order valence-electron chi connectivity index (χ3n) is 7.25. The maximum absolute atomic E-state index is 14.5. The molecule has 1 aromatic carbocycles. The van der Waals surface area contributed by atoms with Crippen molar-refractivity contribution in [2.24, 2.45) is 5.92 Å². The summed E-state index contributed by atoms with van der Waals surface area (Å²) in [6, 6.07) is 10.2. The molecule has 200 valence electrons. The topological polar surface area (TPSA) is 106 Å². The fourth-order valence-electron chi connectivity index (χ4n) is 5.72. The number of likely N-dealkylation sites (tertiary alicyclic amines) is 1.